The number of benzene rings is 2. The summed E-state index contributed by atoms with van der Waals surface area (Å²) in [6.07, 6.45) is 8.56. The molecule has 2 aromatic rings. The first-order valence-corrected chi connectivity index (χ1v) is 9.13. The number of nitrogens with zero attached hydrogens (tertiary/aromatic N) is 2. The van der Waals surface area contributed by atoms with Crippen LogP contribution in [0, 0.1) is 0 Å². The van der Waals surface area contributed by atoms with E-state index in [-0.39, 0.29) is 12.1 Å². The van der Waals surface area contributed by atoms with Crippen LogP contribution in [0.5, 0.6) is 11.5 Å². The highest BCUT2D eigenvalue weighted by atomic mass is 16.5. The molecule has 0 aromatic heterocycles. The van der Waals surface area contributed by atoms with Crippen LogP contribution >= 0.6 is 0 Å². The van der Waals surface area contributed by atoms with Crippen molar-refractivity contribution >= 4 is 12.4 Å². The van der Waals surface area contributed by atoms with Gasteiger partial charge in [-0.2, -0.15) is 0 Å². The Labute approximate surface area is 155 Å². The van der Waals surface area contributed by atoms with Crippen molar-refractivity contribution in [2.24, 2.45) is 9.98 Å². The third-order valence-electron chi connectivity index (χ3n) is 4.76. The molecule has 1 fully saturated rings. The molecule has 2 aromatic carbocycles. The molecule has 1 aliphatic rings. The first-order valence-electron chi connectivity index (χ1n) is 9.13. The second kappa shape index (κ2) is 9.18. The van der Waals surface area contributed by atoms with Crippen molar-refractivity contribution in [2.45, 2.75) is 37.8 Å². The van der Waals surface area contributed by atoms with Crippen molar-refractivity contribution in [3.05, 3.63) is 59.7 Å². The fourth-order valence-corrected chi connectivity index (χ4v) is 3.18. The summed E-state index contributed by atoms with van der Waals surface area (Å²) < 4.78 is 10.4. The molecule has 0 unspecified atom stereocenters. The Morgan fingerprint density at radius 3 is 1.42 bits per heavy atom. The van der Waals surface area contributed by atoms with Crippen molar-refractivity contribution in [1.29, 1.82) is 0 Å². The van der Waals surface area contributed by atoms with Crippen LogP contribution < -0.4 is 9.47 Å². The van der Waals surface area contributed by atoms with E-state index < -0.39 is 0 Å². The van der Waals surface area contributed by atoms with Gasteiger partial charge in [-0.25, -0.2) is 0 Å². The van der Waals surface area contributed by atoms with E-state index in [1.165, 1.54) is 12.8 Å². The first kappa shape index (κ1) is 18.2. The van der Waals surface area contributed by atoms with Gasteiger partial charge in [0.25, 0.3) is 0 Å². The molecule has 1 saturated carbocycles. The average molecular weight is 350 g/mol. The van der Waals surface area contributed by atoms with Gasteiger partial charge >= 0.3 is 0 Å². The minimum atomic E-state index is 0.250. The van der Waals surface area contributed by atoms with Gasteiger partial charge in [-0.3, -0.25) is 9.98 Å². The van der Waals surface area contributed by atoms with Crippen molar-refractivity contribution in [3.8, 4) is 11.5 Å². The fraction of sp³-hybridized carbons (Fsp3) is 0.364. The molecule has 136 valence electrons. The summed E-state index contributed by atoms with van der Waals surface area (Å²) in [4.78, 5) is 9.66. The van der Waals surface area contributed by atoms with Crippen molar-refractivity contribution in [2.75, 3.05) is 14.2 Å². The molecule has 0 saturated heterocycles. The van der Waals surface area contributed by atoms with E-state index >= 15 is 0 Å². The highest BCUT2D eigenvalue weighted by Gasteiger charge is 2.23. The van der Waals surface area contributed by atoms with E-state index in [1.807, 2.05) is 61.0 Å². The quantitative estimate of drug-likeness (QED) is 0.717. The Morgan fingerprint density at radius 2 is 1.08 bits per heavy atom. The van der Waals surface area contributed by atoms with E-state index in [1.54, 1.807) is 14.2 Å². The van der Waals surface area contributed by atoms with E-state index in [2.05, 4.69) is 0 Å². The number of ether oxygens (including phenoxy) is 2. The summed E-state index contributed by atoms with van der Waals surface area (Å²) >= 11 is 0. The Morgan fingerprint density at radius 1 is 0.692 bits per heavy atom. The molecule has 26 heavy (non-hydrogen) atoms. The molecule has 3 rings (SSSR count). The van der Waals surface area contributed by atoms with Crippen LogP contribution in [0.3, 0.4) is 0 Å². The summed E-state index contributed by atoms with van der Waals surface area (Å²) in [6, 6.07) is 16.5. The monoisotopic (exact) mass is 350 g/mol. The van der Waals surface area contributed by atoms with Gasteiger partial charge in [0.15, 0.2) is 0 Å². The molecule has 0 amide bonds. The van der Waals surface area contributed by atoms with E-state index in [0.29, 0.717) is 0 Å². The zero-order valence-electron chi connectivity index (χ0n) is 15.5. The smallest absolute Gasteiger partial charge is 0.118 e. The minimum Gasteiger partial charge on any atom is -0.497 e. The van der Waals surface area contributed by atoms with Crippen molar-refractivity contribution in [3.63, 3.8) is 0 Å². The number of rotatable bonds is 6. The highest BCUT2D eigenvalue weighted by Crippen LogP contribution is 2.24. The van der Waals surface area contributed by atoms with E-state index in [9.17, 15) is 0 Å². The number of hydrogen-bond acceptors (Lipinski definition) is 4. The topological polar surface area (TPSA) is 43.2 Å². The lowest BCUT2D eigenvalue weighted by Crippen LogP contribution is -2.27. The molecule has 2 atom stereocenters. The lowest BCUT2D eigenvalue weighted by molar-refractivity contribution is 0.390. The molecular weight excluding hydrogens is 324 g/mol. The Bertz CT molecular complexity index is 670. The average Bonchev–Trinajstić information content (AvgIpc) is 2.72. The largest absolute Gasteiger partial charge is 0.497 e. The van der Waals surface area contributed by atoms with Crippen LogP contribution in [-0.4, -0.2) is 38.7 Å². The standard InChI is InChI=1S/C22H26N2O2/c1-25-19-11-7-17(8-12-19)15-23-21-5-3-4-6-22(21)24-16-18-9-13-20(26-2)14-10-18/h7-16,21-22H,3-6H2,1-2H3/b23-15+,24-16+/t21-,22-/m1/s1. The lowest BCUT2D eigenvalue weighted by atomic mass is 9.91. The molecule has 1 aliphatic carbocycles. The SMILES string of the molecule is COc1ccc(/C=N/[C@@H]2CCCC[C@H]2/N=C/c2ccc(OC)cc2)cc1. The first-order chi connectivity index (χ1) is 12.8. The second-order valence-corrected chi connectivity index (χ2v) is 6.52. The summed E-state index contributed by atoms with van der Waals surface area (Å²) in [5, 5.41) is 0. The predicted octanol–water partition coefficient (Wildman–Crippen LogP) is 4.55. The maximum Gasteiger partial charge on any atom is 0.118 e. The molecule has 4 heteroatoms. The van der Waals surface area contributed by atoms with Crippen LogP contribution in [0.1, 0.15) is 36.8 Å². The van der Waals surface area contributed by atoms with E-state index in [4.69, 9.17) is 19.5 Å². The summed E-state index contributed by atoms with van der Waals surface area (Å²) in [7, 11) is 3.35. The Balaban J connectivity index is 1.66. The van der Waals surface area contributed by atoms with Crippen LogP contribution in [0.4, 0.5) is 0 Å². The molecular formula is C22H26N2O2. The van der Waals surface area contributed by atoms with Gasteiger partial charge in [0, 0.05) is 12.4 Å². The zero-order valence-corrected chi connectivity index (χ0v) is 15.5. The number of methoxy groups -OCH3 is 2. The zero-order chi connectivity index (χ0) is 18.2. The maximum atomic E-state index is 5.20. The fourth-order valence-electron chi connectivity index (χ4n) is 3.18. The number of hydrogen-bond donors (Lipinski definition) is 0. The Kier molecular flexibility index (Phi) is 6.42. The summed E-state index contributed by atoms with van der Waals surface area (Å²) in [6.45, 7) is 0. The van der Waals surface area contributed by atoms with Crippen molar-refractivity contribution < 1.29 is 9.47 Å². The summed E-state index contributed by atoms with van der Waals surface area (Å²) in [5.74, 6) is 1.73. The van der Waals surface area contributed by atoms with Gasteiger partial charge in [0.2, 0.25) is 0 Å². The van der Waals surface area contributed by atoms with Gasteiger partial charge in [0.1, 0.15) is 11.5 Å². The molecule has 0 N–H and O–H groups in total. The van der Waals surface area contributed by atoms with Crippen LogP contribution in [0.2, 0.25) is 0 Å². The molecule has 4 nitrogen and oxygen atoms in total. The summed E-state index contributed by atoms with van der Waals surface area (Å²) in [5.41, 5.74) is 2.18. The normalized spacial score (nSPS) is 20.5. The van der Waals surface area contributed by atoms with Gasteiger partial charge in [-0.1, -0.05) is 12.8 Å². The van der Waals surface area contributed by atoms with Crippen molar-refractivity contribution in [1.82, 2.24) is 0 Å². The van der Waals surface area contributed by atoms with Gasteiger partial charge < -0.3 is 9.47 Å². The molecule has 0 aliphatic heterocycles. The number of aliphatic imine (C=N–C) groups is 2. The molecule has 0 spiro atoms. The third kappa shape index (κ3) is 4.94. The molecule has 0 heterocycles. The second-order valence-electron chi connectivity index (χ2n) is 6.52. The van der Waals surface area contributed by atoms with Crippen LogP contribution in [0.25, 0.3) is 0 Å². The van der Waals surface area contributed by atoms with Crippen LogP contribution in [0.15, 0.2) is 58.5 Å². The minimum absolute atomic E-state index is 0.250. The van der Waals surface area contributed by atoms with Gasteiger partial charge in [0.05, 0.1) is 26.3 Å². The van der Waals surface area contributed by atoms with Crippen LogP contribution in [-0.2, 0) is 0 Å². The van der Waals surface area contributed by atoms with E-state index in [0.717, 1.165) is 35.5 Å². The molecule has 0 bridgehead atoms. The highest BCUT2D eigenvalue weighted by molar-refractivity contribution is 5.81. The third-order valence-corrected chi connectivity index (χ3v) is 4.76. The Hall–Kier alpha value is -2.62. The van der Waals surface area contributed by atoms with Gasteiger partial charge in [-0.15, -0.1) is 0 Å². The van der Waals surface area contributed by atoms with Gasteiger partial charge in [-0.05, 0) is 72.5 Å². The maximum absolute atomic E-state index is 5.20. The predicted molar refractivity (Wildman–Crippen MR) is 107 cm³/mol. The molecule has 0 radical (unpaired) electrons. The lowest BCUT2D eigenvalue weighted by Gasteiger charge is -2.25.